The second-order valence-corrected chi connectivity index (χ2v) is 3.21. The van der Waals surface area contributed by atoms with Crippen LogP contribution >= 0.6 is 0 Å². The summed E-state index contributed by atoms with van der Waals surface area (Å²) in [7, 11) is 0. The molecule has 0 heterocycles. The molecule has 5 nitrogen and oxygen atoms in total. The Morgan fingerprint density at radius 3 is 2.29 bits per heavy atom. The van der Waals surface area contributed by atoms with Gasteiger partial charge in [0.05, 0.1) is 6.61 Å². The van der Waals surface area contributed by atoms with Gasteiger partial charge in [-0.05, 0) is 24.6 Å². The maximum absolute atomic E-state index is 11.0. The van der Waals surface area contributed by atoms with Gasteiger partial charge < -0.3 is 14.2 Å². The summed E-state index contributed by atoms with van der Waals surface area (Å²) < 4.78 is 14.3. The topological polar surface area (TPSA) is 61.8 Å². The number of hydrogen-bond acceptors (Lipinski definition) is 5. The van der Waals surface area contributed by atoms with Crippen molar-refractivity contribution in [2.24, 2.45) is 0 Å². The fourth-order valence-corrected chi connectivity index (χ4v) is 1.08. The zero-order valence-corrected chi connectivity index (χ0v) is 9.76. The summed E-state index contributed by atoms with van der Waals surface area (Å²) in [4.78, 5) is 21.6. The lowest BCUT2D eigenvalue weighted by Gasteiger charge is -2.05. The van der Waals surface area contributed by atoms with Crippen LogP contribution in [0.2, 0.25) is 0 Å². The SMILES string of the molecule is CCOC(=O)Oc1ccc(COC(C)=O)cc1. The lowest BCUT2D eigenvalue weighted by Crippen LogP contribution is -2.10. The minimum absolute atomic E-state index is 0.203. The van der Waals surface area contributed by atoms with Crippen LogP contribution in [0.5, 0.6) is 5.75 Å². The third-order valence-electron chi connectivity index (χ3n) is 1.83. The van der Waals surface area contributed by atoms with Crippen molar-refractivity contribution in [3.8, 4) is 5.75 Å². The van der Waals surface area contributed by atoms with Crippen molar-refractivity contribution in [3.63, 3.8) is 0 Å². The summed E-state index contributed by atoms with van der Waals surface area (Å²) >= 11 is 0. The average Bonchev–Trinajstić information content (AvgIpc) is 2.28. The van der Waals surface area contributed by atoms with E-state index in [4.69, 9.17) is 9.47 Å². The molecule has 0 atom stereocenters. The lowest BCUT2D eigenvalue weighted by atomic mass is 10.2. The molecule has 0 radical (unpaired) electrons. The van der Waals surface area contributed by atoms with Crippen LogP contribution in [-0.2, 0) is 20.9 Å². The van der Waals surface area contributed by atoms with Crippen LogP contribution < -0.4 is 4.74 Å². The molecule has 0 bridgehead atoms. The van der Waals surface area contributed by atoms with Gasteiger partial charge in [-0.2, -0.15) is 0 Å². The number of benzene rings is 1. The number of ether oxygens (including phenoxy) is 3. The van der Waals surface area contributed by atoms with Crippen LogP contribution in [0.15, 0.2) is 24.3 Å². The highest BCUT2D eigenvalue weighted by Gasteiger charge is 2.04. The smallest absolute Gasteiger partial charge is 0.461 e. The highest BCUT2D eigenvalue weighted by molar-refractivity contribution is 5.66. The molecule has 0 fully saturated rings. The van der Waals surface area contributed by atoms with Crippen molar-refractivity contribution >= 4 is 12.1 Å². The summed E-state index contributed by atoms with van der Waals surface area (Å²) in [6.45, 7) is 3.51. The molecular weight excluding hydrogens is 224 g/mol. The Morgan fingerprint density at radius 1 is 1.12 bits per heavy atom. The molecule has 0 aliphatic rings. The van der Waals surface area contributed by atoms with Gasteiger partial charge in [0.2, 0.25) is 0 Å². The van der Waals surface area contributed by atoms with Crippen LogP contribution in [0.4, 0.5) is 4.79 Å². The Morgan fingerprint density at radius 2 is 1.76 bits per heavy atom. The summed E-state index contributed by atoms with van der Waals surface area (Å²) in [6, 6.07) is 6.63. The quantitative estimate of drug-likeness (QED) is 0.594. The van der Waals surface area contributed by atoms with E-state index in [1.807, 2.05) is 0 Å². The van der Waals surface area contributed by atoms with E-state index in [9.17, 15) is 9.59 Å². The van der Waals surface area contributed by atoms with Crippen molar-refractivity contribution in [1.82, 2.24) is 0 Å². The maximum Gasteiger partial charge on any atom is 0.513 e. The van der Waals surface area contributed by atoms with E-state index in [2.05, 4.69) is 4.74 Å². The molecule has 0 amide bonds. The predicted molar refractivity (Wildman–Crippen MR) is 59.6 cm³/mol. The molecule has 0 aromatic heterocycles. The van der Waals surface area contributed by atoms with Crippen molar-refractivity contribution in [1.29, 1.82) is 0 Å². The van der Waals surface area contributed by atoms with Crippen LogP contribution in [0.1, 0.15) is 19.4 Å². The zero-order chi connectivity index (χ0) is 12.7. The predicted octanol–water partition coefficient (Wildman–Crippen LogP) is 2.29. The molecule has 92 valence electrons. The summed E-state index contributed by atoms with van der Waals surface area (Å²) in [5.74, 6) is 0.0480. The van der Waals surface area contributed by atoms with Crippen molar-refractivity contribution in [2.75, 3.05) is 6.61 Å². The molecule has 0 N–H and O–H groups in total. The minimum atomic E-state index is -0.736. The fourth-order valence-electron chi connectivity index (χ4n) is 1.08. The first-order valence-corrected chi connectivity index (χ1v) is 5.18. The molecule has 1 rings (SSSR count). The van der Waals surface area contributed by atoms with Gasteiger partial charge in [-0.15, -0.1) is 0 Å². The van der Waals surface area contributed by atoms with Crippen LogP contribution in [0, 0.1) is 0 Å². The van der Waals surface area contributed by atoms with E-state index in [1.165, 1.54) is 6.92 Å². The highest BCUT2D eigenvalue weighted by atomic mass is 16.7. The van der Waals surface area contributed by atoms with Crippen molar-refractivity contribution in [2.45, 2.75) is 20.5 Å². The van der Waals surface area contributed by atoms with E-state index in [1.54, 1.807) is 31.2 Å². The summed E-state index contributed by atoms with van der Waals surface area (Å²) in [6.07, 6.45) is -0.736. The number of rotatable bonds is 4. The Bertz CT molecular complexity index is 382. The van der Waals surface area contributed by atoms with E-state index in [0.29, 0.717) is 5.75 Å². The minimum Gasteiger partial charge on any atom is -0.461 e. The molecule has 17 heavy (non-hydrogen) atoms. The third-order valence-corrected chi connectivity index (χ3v) is 1.83. The highest BCUT2D eigenvalue weighted by Crippen LogP contribution is 2.13. The normalized spacial score (nSPS) is 9.53. The largest absolute Gasteiger partial charge is 0.513 e. The second kappa shape index (κ2) is 6.52. The molecular formula is C12H14O5. The molecule has 0 aliphatic carbocycles. The lowest BCUT2D eigenvalue weighted by molar-refractivity contribution is -0.142. The molecule has 0 saturated heterocycles. The number of carbonyl (C=O) groups is 2. The van der Waals surface area contributed by atoms with E-state index >= 15 is 0 Å². The molecule has 1 aromatic rings. The number of hydrogen-bond donors (Lipinski definition) is 0. The van der Waals surface area contributed by atoms with E-state index in [0.717, 1.165) is 5.56 Å². The average molecular weight is 238 g/mol. The van der Waals surface area contributed by atoms with Gasteiger partial charge in [0, 0.05) is 6.92 Å². The first-order chi connectivity index (χ1) is 8.11. The van der Waals surface area contributed by atoms with Gasteiger partial charge in [-0.25, -0.2) is 4.79 Å². The number of esters is 1. The Hall–Kier alpha value is -2.04. The van der Waals surface area contributed by atoms with Crippen molar-refractivity contribution < 1.29 is 23.8 Å². The number of carbonyl (C=O) groups excluding carboxylic acids is 2. The van der Waals surface area contributed by atoms with Crippen LogP contribution in [0.3, 0.4) is 0 Å². The monoisotopic (exact) mass is 238 g/mol. The van der Waals surface area contributed by atoms with Gasteiger partial charge >= 0.3 is 12.1 Å². The Kier molecular flexibility index (Phi) is 5.00. The first kappa shape index (κ1) is 13.0. The van der Waals surface area contributed by atoms with Gasteiger partial charge in [-0.1, -0.05) is 12.1 Å². The molecule has 0 unspecified atom stereocenters. The van der Waals surface area contributed by atoms with Gasteiger partial charge in [0.1, 0.15) is 12.4 Å². The van der Waals surface area contributed by atoms with Gasteiger partial charge in [-0.3, -0.25) is 4.79 Å². The Balaban J connectivity index is 2.49. The maximum atomic E-state index is 11.0. The van der Waals surface area contributed by atoms with Gasteiger partial charge in [0.15, 0.2) is 0 Å². The fraction of sp³-hybridized carbons (Fsp3) is 0.333. The molecule has 0 spiro atoms. The van der Waals surface area contributed by atoms with Crippen LogP contribution in [-0.4, -0.2) is 18.7 Å². The third kappa shape index (κ3) is 5.01. The zero-order valence-electron chi connectivity index (χ0n) is 9.76. The van der Waals surface area contributed by atoms with Crippen molar-refractivity contribution in [3.05, 3.63) is 29.8 Å². The van der Waals surface area contributed by atoms with E-state index in [-0.39, 0.29) is 19.2 Å². The van der Waals surface area contributed by atoms with Gasteiger partial charge in [0.25, 0.3) is 0 Å². The first-order valence-electron chi connectivity index (χ1n) is 5.18. The molecule has 0 aliphatic heterocycles. The van der Waals surface area contributed by atoms with Crippen LogP contribution in [0.25, 0.3) is 0 Å². The molecule has 5 heteroatoms. The summed E-state index contributed by atoms with van der Waals surface area (Å²) in [5, 5.41) is 0. The van der Waals surface area contributed by atoms with E-state index < -0.39 is 6.16 Å². The summed E-state index contributed by atoms with van der Waals surface area (Å²) in [5.41, 5.74) is 0.816. The standard InChI is InChI=1S/C12H14O5/c1-3-15-12(14)17-11-6-4-10(5-7-11)8-16-9(2)13/h4-7H,3,8H2,1-2H3. The molecule has 1 aromatic carbocycles. The Labute approximate surface area is 99.3 Å². The molecule has 0 saturated carbocycles. The second-order valence-electron chi connectivity index (χ2n) is 3.21.